The van der Waals surface area contributed by atoms with Crippen molar-refractivity contribution in [2.45, 2.75) is 11.9 Å². The standard InChI is InChI=1S/C17H16N2O3S/c1-4-22-17(20)14-9-12(10-18)16(23-3)19-15(14)11-5-7-13(21-2)8-6-11/h5-9H,4H2,1-3H3. The van der Waals surface area contributed by atoms with Crippen molar-refractivity contribution in [1.82, 2.24) is 4.98 Å². The van der Waals surface area contributed by atoms with Crippen molar-refractivity contribution in [2.24, 2.45) is 0 Å². The molecular formula is C17H16N2O3S. The SMILES string of the molecule is CCOC(=O)c1cc(C#N)c(SC)nc1-c1ccc(OC)cc1. The Kier molecular flexibility index (Phi) is 5.61. The van der Waals surface area contributed by atoms with Crippen molar-refractivity contribution in [3.05, 3.63) is 41.5 Å². The van der Waals surface area contributed by atoms with E-state index >= 15 is 0 Å². The van der Waals surface area contributed by atoms with Crippen molar-refractivity contribution in [3.8, 4) is 23.1 Å². The number of hydrogen-bond acceptors (Lipinski definition) is 6. The Labute approximate surface area is 139 Å². The molecule has 0 bridgehead atoms. The molecule has 0 amide bonds. The summed E-state index contributed by atoms with van der Waals surface area (Å²) in [5, 5.41) is 9.82. The second-order valence-corrected chi connectivity index (χ2v) is 5.30. The van der Waals surface area contributed by atoms with Crippen LogP contribution in [0.3, 0.4) is 0 Å². The maximum Gasteiger partial charge on any atom is 0.340 e. The number of nitrogens with zero attached hydrogens (tertiary/aromatic N) is 2. The highest BCUT2D eigenvalue weighted by molar-refractivity contribution is 7.98. The summed E-state index contributed by atoms with van der Waals surface area (Å²) in [6, 6.07) is 10.8. The van der Waals surface area contributed by atoms with Gasteiger partial charge in [-0.3, -0.25) is 0 Å². The molecule has 0 aliphatic rings. The number of rotatable bonds is 5. The quantitative estimate of drug-likeness (QED) is 0.617. The van der Waals surface area contributed by atoms with Crippen LogP contribution in [-0.2, 0) is 4.74 Å². The van der Waals surface area contributed by atoms with E-state index in [4.69, 9.17) is 9.47 Å². The fourth-order valence-electron chi connectivity index (χ4n) is 2.07. The molecule has 1 aromatic carbocycles. The van der Waals surface area contributed by atoms with Crippen LogP contribution in [0, 0.1) is 11.3 Å². The van der Waals surface area contributed by atoms with Gasteiger partial charge >= 0.3 is 5.97 Å². The average Bonchev–Trinajstić information content (AvgIpc) is 2.60. The van der Waals surface area contributed by atoms with E-state index in [0.29, 0.717) is 22.0 Å². The third-order valence-corrected chi connectivity index (χ3v) is 3.86. The lowest BCUT2D eigenvalue weighted by Crippen LogP contribution is -2.09. The second-order valence-electron chi connectivity index (χ2n) is 4.50. The van der Waals surface area contributed by atoms with Gasteiger partial charge in [0.15, 0.2) is 0 Å². The van der Waals surface area contributed by atoms with Crippen molar-refractivity contribution in [2.75, 3.05) is 20.0 Å². The molecule has 0 saturated heterocycles. The van der Waals surface area contributed by atoms with Crippen LogP contribution in [-0.4, -0.2) is 30.9 Å². The van der Waals surface area contributed by atoms with E-state index < -0.39 is 5.97 Å². The van der Waals surface area contributed by atoms with Crippen LogP contribution in [0.1, 0.15) is 22.8 Å². The Balaban J connectivity index is 2.62. The van der Waals surface area contributed by atoms with Crippen LogP contribution in [0.15, 0.2) is 35.4 Å². The van der Waals surface area contributed by atoms with E-state index in [2.05, 4.69) is 11.1 Å². The summed E-state index contributed by atoms with van der Waals surface area (Å²) in [5.41, 5.74) is 1.90. The Morgan fingerprint density at radius 1 is 1.35 bits per heavy atom. The maximum absolute atomic E-state index is 12.2. The number of carbonyl (C=O) groups is 1. The number of thioether (sulfide) groups is 1. The molecular weight excluding hydrogens is 312 g/mol. The average molecular weight is 328 g/mol. The van der Waals surface area contributed by atoms with Gasteiger partial charge in [0.25, 0.3) is 0 Å². The first-order valence-corrected chi connectivity index (χ1v) is 8.17. The van der Waals surface area contributed by atoms with Gasteiger partial charge in [-0.2, -0.15) is 5.26 Å². The van der Waals surface area contributed by atoms with Gasteiger partial charge in [0.2, 0.25) is 0 Å². The van der Waals surface area contributed by atoms with Crippen LogP contribution in [0.5, 0.6) is 5.75 Å². The van der Waals surface area contributed by atoms with Crippen LogP contribution in [0.25, 0.3) is 11.3 Å². The maximum atomic E-state index is 12.2. The normalized spacial score (nSPS) is 10.0. The highest BCUT2D eigenvalue weighted by Gasteiger charge is 2.19. The Morgan fingerprint density at radius 3 is 2.57 bits per heavy atom. The molecule has 0 atom stereocenters. The molecule has 0 unspecified atom stereocenters. The first kappa shape index (κ1) is 16.8. The number of esters is 1. The summed E-state index contributed by atoms with van der Waals surface area (Å²) in [6.07, 6.45) is 1.84. The number of hydrogen-bond donors (Lipinski definition) is 0. The third-order valence-electron chi connectivity index (χ3n) is 3.16. The molecule has 0 radical (unpaired) electrons. The molecule has 0 N–H and O–H groups in total. The first-order valence-electron chi connectivity index (χ1n) is 6.95. The zero-order chi connectivity index (χ0) is 16.8. The van der Waals surface area contributed by atoms with E-state index in [0.717, 1.165) is 5.56 Å². The Morgan fingerprint density at radius 2 is 2.04 bits per heavy atom. The molecule has 0 fully saturated rings. The van der Waals surface area contributed by atoms with Gasteiger partial charge in [0.05, 0.1) is 30.5 Å². The predicted molar refractivity (Wildman–Crippen MR) is 88.7 cm³/mol. The summed E-state index contributed by atoms with van der Waals surface area (Å²) in [5.74, 6) is 0.222. The lowest BCUT2D eigenvalue weighted by molar-refractivity contribution is 0.0526. The molecule has 118 valence electrons. The van der Waals surface area contributed by atoms with Gasteiger partial charge in [0, 0.05) is 5.56 Å². The minimum atomic E-state index is -0.491. The molecule has 1 aromatic heterocycles. The number of aromatic nitrogens is 1. The van der Waals surface area contributed by atoms with Gasteiger partial charge in [-0.25, -0.2) is 9.78 Å². The Bertz CT molecular complexity index is 752. The van der Waals surface area contributed by atoms with Crippen LogP contribution < -0.4 is 4.74 Å². The van der Waals surface area contributed by atoms with E-state index in [1.54, 1.807) is 26.2 Å². The van der Waals surface area contributed by atoms with Gasteiger partial charge in [-0.05, 0) is 43.5 Å². The number of ether oxygens (including phenoxy) is 2. The lowest BCUT2D eigenvalue weighted by atomic mass is 10.0. The molecule has 0 spiro atoms. The summed E-state index contributed by atoms with van der Waals surface area (Å²) in [7, 11) is 1.59. The van der Waals surface area contributed by atoms with E-state index in [1.165, 1.54) is 17.8 Å². The van der Waals surface area contributed by atoms with Gasteiger partial charge in [-0.15, -0.1) is 11.8 Å². The number of benzene rings is 1. The fourth-order valence-corrected chi connectivity index (χ4v) is 2.57. The van der Waals surface area contributed by atoms with Gasteiger partial charge in [-0.1, -0.05) is 0 Å². The molecule has 0 saturated carbocycles. The zero-order valence-corrected chi connectivity index (χ0v) is 13.9. The summed E-state index contributed by atoms with van der Waals surface area (Å²) in [6.45, 7) is 1.99. The van der Waals surface area contributed by atoms with E-state index in [-0.39, 0.29) is 12.2 Å². The monoisotopic (exact) mass is 328 g/mol. The second kappa shape index (κ2) is 7.65. The van der Waals surface area contributed by atoms with Crippen molar-refractivity contribution in [1.29, 1.82) is 5.26 Å². The predicted octanol–water partition coefficient (Wildman–Crippen LogP) is 3.53. The molecule has 5 nitrogen and oxygen atoms in total. The molecule has 0 aliphatic heterocycles. The summed E-state index contributed by atoms with van der Waals surface area (Å²) >= 11 is 1.36. The van der Waals surface area contributed by atoms with Crippen molar-refractivity contribution in [3.63, 3.8) is 0 Å². The minimum absolute atomic E-state index is 0.257. The molecule has 1 heterocycles. The van der Waals surface area contributed by atoms with Crippen molar-refractivity contribution >= 4 is 17.7 Å². The largest absolute Gasteiger partial charge is 0.497 e. The number of methoxy groups -OCH3 is 1. The van der Waals surface area contributed by atoms with Crippen molar-refractivity contribution < 1.29 is 14.3 Å². The number of carbonyl (C=O) groups excluding carboxylic acids is 1. The summed E-state index contributed by atoms with van der Waals surface area (Å²) < 4.78 is 10.2. The molecule has 6 heteroatoms. The first-order chi connectivity index (χ1) is 11.1. The molecule has 0 aliphatic carbocycles. The topological polar surface area (TPSA) is 72.2 Å². The zero-order valence-electron chi connectivity index (χ0n) is 13.1. The highest BCUT2D eigenvalue weighted by Crippen LogP contribution is 2.29. The van der Waals surface area contributed by atoms with Gasteiger partial charge < -0.3 is 9.47 Å². The highest BCUT2D eigenvalue weighted by atomic mass is 32.2. The fraction of sp³-hybridized carbons (Fsp3) is 0.235. The number of pyridine rings is 1. The smallest absolute Gasteiger partial charge is 0.340 e. The van der Waals surface area contributed by atoms with Crippen LogP contribution in [0.2, 0.25) is 0 Å². The third kappa shape index (κ3) is 3.63. The minimum Gasteiger partial charge on any atom is -0.497 e. The van der Waals surface area contributed by atoms with Crippen LogP contribution >= 0.6 is 11.8 Å². The Hall–Kier alpha value is -2.52. The van der Waals surface area contributed by atoms with E-state index in [9.17, 15) is 10.1 Å². The van der Waals surface area contributed by atoms with Crippen LogP contribution in [0.4, 0.5) is 0 Å². The van der Waals surface area contributed by atoms with E-state index in [1.807, 2.05) is 18.4 Å². The molecule has 2 rings (SSSR count). The lowest BCUT2D eigenvalue weighted by Gasteiger charge is -2.11. The molecule has 2 aromatic rings. The van der Waals surface area contributed by atoms with Gasteiger partial charge in [0.1, 0.15) is 16.8 Å². The molecule has 23 heavy (non-hydrogen) atoms. The summed E-state index contributed by atoms with van der Waals surface area (Å²) in [4.78, 5) is 16.7. The number of nitriles is 1.